The van der Waals surface area contributed by atoms with Crippen molar-refractivity contribution < 1.29 is 19.2 Å². The Kier molecular flexibility index (Phi) is 5.17. The zero-order chi connectivity index (χ0) is 19.7. The van der Waals surface area contributed by atoms with Gasteiger partial charge in [0.25, 0.3) is 5.24 Å². The van der Waals surface area contributed by atoms with E-state index in [0.29, 0.717) is 18.7 Å². The highest BCUT2D eigenvalue weighted by Crippen LogP contribution is 2.24. The fraction of sp³-hybridized carbons (Fsp3) is 0.333. The van der Waals surface area contributed by atoms with E-state index >= 15 is 0 Å². The van der Waals surface area contributed by atoms with Gasteiger partial charge in [0, 0.05) is 24.6 Å². The molecule has 0 spiro atoms. The molecule has 0 unspecified atom stereocenters. The van der Waals surface area contributed by atoms with Crippen LogP contribution in [0, 0.1) is 5.92 Å². The van der Waals surface area contributed by atoms with Crippen LogP contribution in [0.1, 0.15) is 23.2 Å². The molecule has 0 aliphatic carbocycles. The maximum atomic E-state index is 13.0. The minimum absolute atomic E-state index is 0.0344. The van der Waals surface area contributed by atoms with Crippen LogP contribution in [-0.4, -0.2) is 58.0 Å². The molecular weight excluding hydrogens is 376 g/mol. The Balaban J connectivity index is 1.45. The second kappa shape index (κ2) is 7.75. The number of fused-ring (bicyclic) bond motifs is 1. The highest BCUT2D eigenvalue weighted by atomic mass is 32.2. The molecule has 6 nitrogen and oxygen atoms in total. The van der Waals surface area contributed by atoms with Gasteiger partial charge < -0.3 is 4.90 Å². The fourth-order valence-corrected chi connectivity index (χ4v) is 4.49. The van der Waals surface area contributed by atoms with Crippen LogP contribution in [0.4, 0.5) is 4.79 Å². The van der Waals surface area contributed by atoms with Crippen molar-refractivity contribution >= 4 is 45.4 Å². The van der Waals surface area contributed by atoms with E-state index in [1.165, 1.54) is 0 Å². The van der Waals surface area contributed by atoms with E-state index in [4.69, 9.17) is 0 Å². The van der Waals surface area contributed by atoms with Crippen molar-refractivity contribution in [2.24, 2.45) is 5.92 Å². The summed E-state index contributed by atoms with van der Waals surface area (Å²) in [5.74, 6) is -0.746. The number of hydrogen-bond acceptors (Lipinski definition) is 5. The number of piperidine rings is 1. The Labute approximate surface area is 166 Å². The second-order valence-electron chi connectivity index (χ2n) is 7.14. The number of rotatable bonds is 4. The molecule has 0 N–H and O–H groups in total. The minimum Gasteiger partial charge on any atom is -0.340 e. The van der Waals surface area contributed by atoms with Crippen LogP contribution < -0.4 is 0 Å². The van der Waals surface area contributed by atoms with Crippen molar-refractivity contribution in [1.82, 2.24) is 9.80 Å². The second-order valence-corrected chi connectivity index (χ2v) is 8.07. The first-order valence-corrected chi connectivity index (χ1v) is 10.3. The van der Waals surface area contributed by atoms with Gasteiger partial charge in [-0.1, -0.05) is 48.2 Å². The van der Waals surface area contributed by atoms with Gasteiger partial charge in [-0.05, 0) is 29.7 Å². The smallest absolute Gasteiger partial charge is 0.289 e. The van der Waals surface area contributed by atoms with E-state index in [2.05, 4.69) is 0 Å². The zero-order valence-electron chi connectivity index (χ0n) is 15.3. The molecule has 0 aromatic heterocycles. The number of carbonyl (C=O) groups is 4. The van der Waals surface area contributed by atoms with Crippen LogP contribution in [0.25, 0.3) is 10.8 Å². The number of likely N-dealkylation sites (tertiary alicyclic amines) is 1. The van der Waals surface area contributed by atoms with Crippen molar-refractivity contribution in [2.45, 2.75) is 12.8 Å². The predicted octanol–water partition coefficient (Wildman–Crippen LogP) is 2.96. The molecule has 0 saturated carbocycles. The Morgan fingerprint density at radius 1 is 1.07 bits per heavy atom. The SMILES string of the molecule is O=C(c1ccc2ccccc2c1)[C@H]1CCCN(C(=O)CN2C(=O)CSC2=O)C1. The summed E-state index contributed by atoms with van der Waals surface area (Å²) >= 11 is 0.918. The first-order valence-electron chi connectivity index (χ1n) is 9.31. The number of imide groups is 1. The predicted molar refractivity (Wildman–Crippen MR) is 107 cm³/mol. The number of amides is 3. The third kappa shape index (κ3) is 3.67. The molecule has 2 aliphatic heterocycles. The maximum Gasteiger partial charge on any atom is 0.289 e. The number of thioether (sulfide) groups is 1. The first kappa shape index (κ1) is 18.7. The number of nitrogens with zero attached hydrogens (tertiary/aromatic N) is 2. The van der Waals surface area contributed by atoms with E-state index in [0.717, 1.165) is 40.3 Å². The summed E-state index contributed by atoms with van der Waals surface area (Å²) in [7, 11) is 0. The molecule has 0 radical (unpaired) electrons. The minimum atomic E-state index is -0.376. The third-order valence-electron chi connectivity index (χ3n) is 5.31. The first-order chi connectivity index (χ1) is 13.5. The number of carbonyl (C=O) groups excluding carboxylic acids is 4. The Hall–Kier alpha value is -2.67. The Morgan fingerprint density at radius 2 is 1.86 bits per heavy atom. The zero-order valence-corrected chi connectivity index (χ0v) is 16.1. The normalized spacial score (nSPS) is 20.1. The van der Waals surface area contributed by atoms with E-state index in [9.17, 15) is 19.2 Å². The van der Waals surface area contributed by atoms with Crippen molar-refractivity contribution in [3.05, 3.63) is 48.0 Å². The van der Waals surface area contributed by atoms with E-state index in [1.54, 1.807) is 4.90 Å². The van der Waals surface area contributed by atoms with Gasteiger partial charge >= 0.3 is 0 Å². The Morgan fingerprint density at radius 3 is 2.61 bits per heavy atom. The molecule has 2 heterocycles. The summed E-state index contributed by atoms with van der Waals surface area (Å²) in [6.45, 7) is 0.638. The molecule has 7 heteroatoms. The molecule has 2 aliphatic rings. The number of ketones is 1. The van der Waals surface area contributed by atoms with Crippen molar-refractivity contribution in [3.63, 3.8) is 0 Å². The monoisotopic (exact) mass is 396 g/mol. The summed E-state index contributed by atoms with van der Waals surface area (Å²) in [6.07, 6.45) is 1.46. The van der Waals surface area contributed by atoms with Gasteiger partial charge in [-0.15, -0.1) is 0 Å². The quantitative estimate of drug-likeness (QED) is 0.743. The summed E-state index contributed by atoms with van der Waals surface area (Å²) < 4.78 is 0. The summed E-state index contributed by atoms with van der Waals surface area (Å²) in [5, 5.41) is 1.72. The van der Waals surface area contributed by atoms with Crippen LogP contribution in [0.2, 0.25) is 0 Å². The van der Waals surface area contributed by atoms with Gasteiger partial charge in [0.1, 0.15) is 6.54 Å². The fourth-order valence-electron chi connectivity index (χ4n) is 3.77. The molecule has 2 saturated heterocycles. The van der Waals surface area contributed by atoms with Crippen molar-refractivity contribution in [3.8, 4) is 0 Å². The summed E-state index contributed by atoms with van der Waals surface area (Å²) in [6, 6.07) is 13.6. The highest BCUT2D eigenvalue weighted by molar-refractivity contribution is 8.14. The molecule has 1 atom stereocenters. The lowest BCUT2D eigenvalue weighted by atomic mass is 9.89. The highest BCUT2D eigenvalue weighted by Gasteiger charge is 2.35. The molecule has 4 rings (SSSR count). The van der Waals surface area contributed by atoms with Crippen LogP contribution in [-0.2, 0) is 9.59 Å². The average Bonchev–Trinajstić information content (AvgIpc) is 3.05. The number of hydrogen-bond donors (Lipinski definition) is 0. The average molecular weight is 396 g/mol. The molecule has 144 valence electrons. The molecule has 3 amide bonds. The third-order valence-corrected chi connectivity index (χ3v) is 6.17. The lowest BCUT2D eigenvalue weighted by Crippen LogP contribution is -2.47. The summed E-state index contributed by atoms with van der Waals surface area (Å²) in [5.41, 5.74) is 0.652. The molecular formula is C21H20N2O4S. The topological polar surface area (TPSA) is 74.8 Å². The largest absolute Gasteiger partial charge is 0.340 e. The van der Waals surface area contributed by atoms with Gasteiger partial charge in [0.15, 0.2) is 5.78 Å². The molecule has 0 bridgehead atoms. The van der Waals surface area contributed by atoms with E-state index < -0.39 is 0 Å². The van der Waals surface area contributed by atoms with E-state index in [1.807, 2.05) is 42.5 Å². The standard InChI is InChI=1S/C21H20N2O4S/c24-18(12-23-19(25)13-28-21(23)27)22-9-3-6-17(11-22)20(26)16-8-7-14-4-1-2-5-15(14)10-16/h1-2,4-5,7-8,10,17H,3,6,9,11-13H2/t17-/m0/s1. The Bertz CT molecular complexity index is 958. The molecule has 28 heavy (non-hydrogen) atoms. The lowest BCUT2D eigenvalue weighted by molar-refractivity contribution is -0.137. The molecule has 2 fully saturated rings. The maximum absolute atomic E-state index is 13.0. The van der Waals surface area contributed by atoms with Crippen molar-refractivity contribution in [1.29, 1.82) is 0 Å². The van der Waals surface area contributed by atoms with Gasteiger partial charge in [-0.25, -0.2) is 0 Å². The van der Waals surface area contributed by atoms with Gasteiger partial charge in [-0.3, -0.25) is 24.1 Å². The number of benzene rings is 2. The summed E-state index contributed by atoms with van der Waals surface area (Å²) in [4.78, 5) is 51.6. The van der Waals surface area contributed by atoms with Gasteiger partial charge in [0.05, 0.1) is 5.75 Å². The van der Waals surface area contributed by atoms with Gasteiger partial charge in [0.2, 0.25) is 11.8 Å². The van der Waals surface area contributed by atoms with Crippen LogP contribution in [0.15, 0.2) is 42.5 Å². The lowest BCUT2D eigenvalue weighted by Gasteiger charge is -2.32. The molecule has 2 aromatic carbocycles. The van der Waals surface area contributed by atoms with Crippen LogP contribution >= 0.6 is 11.8 Å². The molecule has 2 aromatic rings. The van der Waals surface area contributed by atoms with Crippen molar-refractivity contribution in [2.75, 3.05) is 25.4 Å². The number of Topliss-reactive ketones (excluding diaryl/α,β-unsaturated/α-hetero) is 1. The van der Waals surface area contributed by atoms with Crippen LogP contribution in [0.5, 0.6) is 0 Å². The van der Waals surface area contributed by atoms with E-state index in [-0.39, 0.29) is 41.1 Å². The van der Waals surface area contributed by atoms with Gasteiger partial charge in [-0.2, -0.15) is 0 Å². The van der Waals surface area contributed by atoms with Crippen LogP contribution in [0.3, 0.4) is 0 Å².